The number of nitrogens with zero attached hydrogens (tertiary/aromatic N) is 10. The van der Waals surface area contributed by atoms with Gasteiger partial charge in [-0.2, -0.15) is 12.4 Å². The monoisotopic (exact) mass is 1500 g/mol. The standard InChI is InChI=1S/2C20H24N2O2.2C6H6N2O.2C5H5N.2F6P.2Mn.Ni/c2*1-19(2,21-13-15-9-5-7-11-17(15)23)20(3,4)22-14-16-10-6-8-12-18(16)24;2*9-8-5-6-3-1-2-4-7-6;2*1-2-4-6-5-3-1;2*1-7(2,3,4,5)6;;;/h2*5-14,23-24H,1-4H3;2*1-5H,(H,7,9);2*1-5H;;;;;/q;;;;;;2*-1;2*+3;+2/p-6. The number of rotatable bonds is 12. The molecule has 16 nitrogen and oxygen atoms in total. The number of pyridine rings is 2. The molecule has 0 atom stereocenters. The quantitative estimate of drug-likeness (QED) is 0.0373. The number of nitroso groups, excluding NO2 is 2. The third kappa shape index (κ3) is 48.2. The number of para-hydroxylation sites is 4. The van der Waals surface area contributed by atoms with Gasteiger partial charge in [0.2, 0.25) is 0 Å². The van der Waals surface area contributed by atoms with Crippen LogP contribution in [-0.4, -0.2) is 57.0 Å². The third-order valence-electron chi connectivity index (χ3n) is 11.7. The topological polar surface area (TPSA) is 255 Å². The van der Waals surface area contributed by atoms with Gasteiger partial charge in [0.1, 0.15) is 0 Å². The fourth-order valence-electron chi connectivity index (χ4n) is 5.54. The number of hydrogen-bond donors (Lipinski definition) is 0. The normalized spacial score (nSPS) is 14.7. The van der Waals surface area contributed by atoms with Gasteiger partial charge in [-0.15, -0.1) is 44.2 Å². The average molecular weight is 1500 g/mol. The van der Waals surface area contributed by atoms with E-state index in [9.17, 15) is 80.6 Å². The number of halogens is 12. The van der Waals surface area contributed by atoms with Crippen LogP contribution in [0.5, 0.6) is 23.0 Å². The molecule has 0 radical (unpaired) electrons. The van der Waals surface area contributed by atoms with E-state index in [0.29, 0.717) is 33.6 Å². The Morgan fingerprint density at radius 3 is 0.726 bits per heavy atom. The molecule has 0 N–H and O–H groups in total. The SMILES string of the molecule is CC(C)(N=Cc1ccccc1[O-])C(C)(C)N=Cc1ccccc1[O-].CC(C)(N=Cc1ccccc1[O-])C(C)(C)N=Cc1ccccc1[O-].F[P-](F)(F)(F)(F)F.F[P-](F)(F)(F)(F)F.O=N/C=C1/C=CC=C[N-]1.O=N/C=C1/C=CC=C[N-]1.[Mn+3].[Mn+3].[Ni+2].c1ccncc1.c1ccncc1. The van der Waals surface area contributed by atoms with Crippen molar-refractivity contribution in [3.05, 3.63) is 274 Å². The first kappa shape index (κ1) is 91.0. The van der Waals surface area contributed by atoms with Crippen LogP contribution >= 0.6 is 15.6 Å². The first-order valence-electron chi connectivity index (χ1n) is 26.4. The Hall–Kier alpha value is -8.15. The zero-order valence-electron chi connectivity index (χ0n) is 51.5. The van der Waals surface area contributed by atoms with Crippen molar-refractivity contribution in [3.8, 4) is 23.0 Å². The van der Waals surface area contributed by atoms with Gasteiger partial charge in [0.25, 0.3) is 0 Å². The minimum absolute atomic E-state index is 0. The first-order valence-corrected chi connectivity index (χ1v) is 30.5. The molecule has 8 rings (SSSR count). The van der Waals surface area contributed by atoms with Crippen LogP contribution in [0, 0.1) is 9.81 Å². The molecular formula is C62H64F12Mn2N10NiO6P2. The Morgan fingerprint density at radius 2 is 0.579 bits per heavy atom. The number of hydrogen-bond acceptors (Lipinski definition) is 14. The molecule has 0 unspecified atom stereocenters. The van der Waals surface area contributed by atoms with Crippen LogP contribution in [0.15, 0.2) is 261 Å². The fraction of sp³-hybridized carbons (Fsp3) is 0.194. The van der Waals surface area contributed by atoms with Gasteiger partial charge >= 0.3 is 117 Å². The molecule has 33 heteroatoms. The van der Waals surface area contributed by atoms with Gasteiger partial charge in [0.05, 0.1) is 34.6 Å². The van der Waals surface area contributed by atoms with Crippen LogP contribution in [0.1, 0.15) is 77.6 Å². The van der Waals surface area contributed by atoms with Gasteiger partial charge in [-0.05, 0) is 112 Å². The molecule has 4 aromatic carbocycles. The maximum absolute atomic E-state index is 11.8. The summed E-state index contributed by atoms with van der Waals surface area (Å²) in [5, 5.41) is 59.9. The second-order valence-corrected chi connectivity index (χ2v) is 24.2. The Balaban J connectivity index is -0.00000109. The van der Waals surface area contributed by atoms with E-state index in [0.717, 1.165) is 0 Å². The summed E-state index contributed by atoms with van der Waals surface area (Å²) in [6, 6.07) is 38.5. The van der Waals surface area contributed by atoms with Crippen molar-refractivity contribution in [1.29, 1.82) is 0 Å². The van der Waals surface area contributed by atoms with Crippen molar-refractivity contribution < 1.29 is 121 Å². The van der Waals surface area contributed by atoms with Crippen molar-refractivity contribution in [2.24, 2.45) is 30.3 Å². The van der Waals surface area contributed by atoms with E-state index in [4.69, 9.17) is 0 Å². The molecule has 516 valence electrons. The maximum Gasteiger partial charge on any atom is 3.00 e. The molecule has 0 saturated heterocycles. The molecule has 0 bridgehead atoms. The molecule has 2 aliphatic heterocycles. The summed E-state index contributed by atoms with van der Waals surface area (Å²) in [7, 11) is -21.3. The van der Waals surface area contributed by atoms with E-state index in [1.54, 1.807) is 147 Å². The summed E-state index contributed by atoms with van der Waals surface area (Å²) in [5.74, 6) is -0.227. The molecule has 4 heterocycles. The summed E-state index contributed by atoms with van der Waals surface area (Å²) in [4.78, 5) is 45.1. The zero-order chi connectivity index (χ0) is 69.9. The molecule has 6 aromatic rings. The second kappa shape index (κ2) is 39.0. The zero-order valence-corrected chi connectivity index (χ0v) is 56.7. The van der Waals surface area contributed by atoms with E-state index in [1.807, 2.05) is 116 Å². The van der Waals surface area contributed by atoms with Gasteiger partial charge in [0, 0.05) is 49.6 Å². The van der Waals surface area contributed by atoms with Gasteiger partial charge in [-0.3, -0.25) is 29.9 Å². The van der Waals surface area contributed by atoms with Gasteiger partial charge in [0.15, 0.2) is 0 Å². The average Bonchev–Trinajstić information content (AvgIpc) is 0.810. The molecule has 2 aliphatic rings. The Morgan fingerprint density at radius 1 is 0.368 bits per heavy atom. The smallest absolute Gasteiger partial charge is 0.663 e. The molecule has 95 heavy (non-hydrogen) atoms. The Labute approximate surface area is 573 Å². The van der Waals surface area contributed by atoms with E-state index < -0.39 is 37.8 Å². The molecule has 0 fully saturated rings. The summed E-state index contributed by atoms with van der Waals surface area (Å²) in [6.07, 6.45) is 29.5. The Bertz CT molecular complexity index is 3170. The summed E-state index contributed by atoms with van der Waals surface area (Å²) in [5.41, 5.74) is 1.18. The van der Waals surface area contributed by atoms with Crippen LogP contribution < -0.4 is 20.4 Å². The minimum Gasteiger partial charge on any atom is -0.663 e. The van der Waals surface area contributed by atoms with E-state index in [2.05, 4.69) is 50.9 Å². The van der Waals surface area contributed by atoms with Crippen molar-refractivity contribution in [2.75, 3.05) is 0 Å². The van der Waals surface area contributed by atoms with Crippen LogP contribution in [0.3, 0.4) is 0 Å². The second-order valence-electron chi connectivity index (χ2n) is 20.4. The number of aromatic nitrogens is 2. The van der Waals surface area contributed by atoms with E-state index >= 15 is 0 Å². The molecule has 0 amide bonds. The molecule has 0 aliphatic carbocycles. The largest absolute Gasteiger partial charge is 3.00 e. The van der Waals surface area contributed by atoms with Crippen LogP contribution in [0.2, 0.25) is 0 Å². The third-order valence-corrected chi connectivity index (χ3v) is 11.7. The maximum atomic E-state index is 11.8. The fourth-order valence-corrected chi connectivity index (χ4v) is 5.54. The van der Waals surface area contributed by atoms with Crippen molar-refractivity contribution in [3.63, 3.8) is 0 Å². The van der Waals surface area contributed by atoms with Gasteiger partial charge in [-0.1, -0.05) is 146 Å². The minimum atomic E-state index is -10.7. The van der Waals surface area contributed by atoms with Crippen molar-refractivity contribution in [2.45, 2.75) is 77.5 Å². The van der Waals surface area contributed by atoms with Gasteiger partial charge < -0.3 is 31.1 Å². The van der Waals surface area contributed by atoms with Crippen LogP contribution in [-0.2, 0) is 50.6 Å². The number of aliphatic imine (C=N–C) groups is 4. The van der Waals surface area contributed by atoms with E-state index in [-0.39, 0.29) is 73.6 Å². The molecule has 0 spiro atoms. The van der Waals surface area contributed by atoms with Crippen molar-refractivity contribution >= 4 is 40.5 Å². The summed E-state index contributed by atoms with van der Waals surface area (Å²) in [6.45, 7) is 15.6. The predicted octanol–water partition coefficient (Wildman–Crippen LogP) is 18.9. The predicted molar refractivity (Wildman–Crippen MR) is 337 cm³/mol. The molecular weight excluding hydrogens is 1440 g/mol. The first-order chi connectivity index (χ1) is 42.2. The Kier molecular flexibility index (Phi) is 37.4. The van der Waals surface area contributed by atoms with Crippen LogP contribution in [0.25, 0.3) is 10.6 Å². The summed E-state index contributed by atoms with van der Waals surface area (Å²) >= 11 is 0. The molecule has 2 aromatic heterocycles. The molecule has 0 saturated carbocycles. The van der Waals surface area contributed by atoms with E-state index in [1.165, 1.54) is 36.7 Å². The summed E-state index contributed by atoms with van der Waals surface area (Å²) < 4.78 is 118. The van der Waals surface area contributed by atoms with Crippen LogP contribution in [0.4, 0.5) is 50.4 Å². The number of allylic oxidation sites excluding steroid dienone is 6. The van der Waals surface area contributed by atoms with Crippen molar-refractivity contribution in [1.82, 2.24) is 9.97 Å². The van der Waals surface area contributed by atoms with Gasteiger partial charge in [-0.25, -0.2) is 0 Å². The number of benzene rings is 4.